The first-order chi connectivity index (χ1) is 13.5. The number of fused-ring (bicyclic) bond motifs is 1. The molecule has 0 radical (unpaired) electrons. The summed E-state index contributed by atoms with van der Waals surface area (Å²) in [5, 5.41) is 10.3. The molecule has 0 spiro atoms. The van der Waals surface area contributed by atoms with E-state index in [0.717, 1.165) is 22.4 Å². The van der Waals surface area contributed by atoms with Crippen molar-refractivity contribution in [2.45, 2.75) is 25.8 Å². The molecule has 142 valence electrons. The summed E-state index contributed by atoms with van der Waals surface area (Å²) >= 11 is 0. The number of aryl methyl sites for hydroxylation is 3. The van der Waals surface area contributed by atoms with Crippen molar-refractivity contribution in [1.29, 1.82) is 0 Å². The summed E-state index contributed by atoms with van der Waals surface area (Å²) in [6.07, 6.45) is 0. The predicted molar refractivity (Wildman–Crippen MR) is 107 cm³/mol. The third-order valence-electron chi connectivity index (χ3n) is 5.16. The van der Waals surface area contributed by atoms with Gasteiger partial charge in [0.1, 0.15) is 11.9 Å². The molecular weight excluding hydrogens is 352 g/mol. The van der Waals surface area contributed by atoms with Crippen LogP contribution in [0.1, 0.15) is 38.7 Å². The maximum absolute atomic E-state index is 13.0. The van der Waals surface area contributed by atoms with Gasteiger partial charge in [-0.3, -0.25) is 14.3 Å². The molecule has 0 saturated carbocycles. The van der Waals surface area contributed by atoms with Gasteiger partial charge in [-0.25, -0.2) is 0 Å². The Morgan fingerprint density at radius 3 is 2.57 bits per heavy atom. The first-order valence-corrected chi connectivity index (χ1v) is 9.22. The van der Waals surface area contributed by atoms with Gasteiger partial charge in [-0.2, -0.15) is 5.10 Å². The van der Waals surface area contributed by atoms with Crippen LogP contribution in [0, 0.1) is 13.8 Å². The molecule has 6 nitrogen and oxygen atoms in total. The number of nitrogens with one attached hydrogen (secondary N) is 2. The minimum atomic E-state index is -0.732. The van der Waals surface area contributed by atoms with Crippen LogP contribution in [0.4, 0.5) is 5.82 Å². The van der Waals surface area contributed by atoms with Crippen molar-refractivity contribution in [3.8, 4) is 0 Å². The Bertz CT molecular complexity index is 1060. The van der Waals surface area contributed by atoms with Gasteiger partial charge in [0, 0.05) is 24.1 Å². The third kappa shape index (κ3) is 3.07. The number of aromatic nitrogens is 2. The van der Waals surface area contributed by atoms with Crippen molar-refractivity contribution in [1.82, 2.24) is 15.1 Å². The van der Waals surface area contributed by atoms with Crippen molar-refractivity contribution in [3.63, 3.8) is 0 Å². The lowest BCUT2D eigenvalue weighted by Crippen LogP contribution is -2.50. The van der Waals surface area contributed by atoms with E-state index in [1.807, 2.05) is 45.2 Å². The van der Waals surface area contributed by atoms with Gasteiger partial charge in [-0.1, -0.05) is 48.0 Å². The first kappa shape index (κ1) is 18.0. The normalized spacial score (nSPS) is 18.3. The van der Waals surface area contributed by atoms with Gasteiger partial charge in [-0.05, 0) is 31.5 Å². The van der Waals surface area contributed by atoms with E-state index in [0.29, 0.717) is 11.4 Å². The second kappa shape index (κ2) is 6.96. The molecule has 0 aliphatic carbocycles. The van der Waals surface area contributed by atoms with Crippen molar-refractivity contribution in [3.05, 3.63) is 82.5 Å². The van der Waals surface area contributed by atoms with Crippen LogP contribution in [0.15, 0.2) is 54.6 Å². The van der Waals surface area contributed by atoms with Crippen LogP contribution >= 0.6 is 0 Å². The number of hydrogen-bond acceptors (Lipinski definition) is 3. The zero-order chi connectivity index (χ0) is 19.8. The second-order valence-electron chi connectivity index (χ2n) is 7.17. The Morgan fingerprint density at radius 1 is 1.11 bits per heavy atom. The second-order valence-corrected chi connectivity index (χ2v) is 7.17. The monoisotopic (exact) mass is 374 g/mol. The molecule has 1 aliphatic heterocycles. The number of amides is 2. The fraction of sp³-hybridized carbons (Fsp3) is 0.227. The summed E-state index contributed by atoms with van der Waals surface area (Å²) < 4.78 is 1.68. The molecule has 1 aliphatic rings. The molecule has 2 N–H and O–H groups in total. The lowest BCUT2D eigenvalue weighted by atomic mass is 9.81. The number of rotatable bonds is 3. The molecule has 0 saturated heterocycles. The van der Waals surface area contributed by atoms with E-state index >= 15 is 0 Å². The van der Waals surface area contributed by atoms with Gasteiger partial charge in [0.15, 0.2) is 0 Å². The summed E-state index contributed by atoms with van der Waals surface area (Å²) in [7, 11) is 1.81. The lowest BCUT2D eigenvalue weighted by Gasteiger charge is -2.32. The number of benzene rings is 2. The highest BCUT2D eigenvalue weighted by Crippen LogP contribution is 2.39. The molecule has 0 unspecified atom stereocenters. The molecule has 28 heavy (non-hydrogen) atoms. The van der Waals surface area contributed by atoms with Crippen LogP contribution < -0.4 is 10.6 Å². The number of carbonyl (C=O) groups excluding carboxylic acids is 2. The summed E-state index contributed by atoms with van der Waals surface area (Å²) in [5.41, 5.74) is 4.37. The minimum Gasteiger partial charge on any atom is -0.339 e. The highest BCUT2D eigenvalue weighted by Gasteiger charge is 2.41. The Labute approximate surface area is 163 Å². The van der Waals surface area contributed by atoms with Crippen molar-refractivity contribution in [2.24, 2.45) is 7.05 Å². The SMILES string of the molecule is Cc1cccc([C@@H]2c3c(C)nn(C)c3NC(=O)[C@@H]2NC(=O)c2ccccc2)c1. The molecule has 2 aromatic carbocycles. The Morgan fingerprint density at radius 2 is 1.86 bits per heavy atom. The maximum atomic E-state index is 13.0. The Hall–Kier alpha value is -3.41. The molecule has 2 amide bonds. The molecule has 2 heterocycles. The van der Waals surface area contributed by atoms with E-state index in [9.17, 15) is 9.59 Å². The van der Waals surface area contributed by atoms with Crippen molar-refractivity contribution >= 4 is 17.6 Å². The third-order valence-corrected chi connectivity index (χ3v) is 5.16. The zero-order valence-electron chi connectivity index (χ0n) is 16.1. The summed E-state index contributed by atoms with van der Waals surface area (Å²) in [6, 6.07) is 16.2. The van der Waals surface area contributed by atoms with Gasteiger partial charge in [0.05, 0.1) is 5.69 Å². The molecule has 0 bridgehead atoms. The number of nitrogens with zero attached hydrogens (tertiary/aromatic N) is 2. The maximum Gasteiger partial charge on any atom is 0.251 e. The fourth-order valence-corrected chi connectivity index (χ4v) is 3.89. The standard InChI is InChI=1S/C22H22N4O2/c1-13-8-7-11-16(12-13)18-17-14(2)25-26(3)20(17)24-22(28)19(18)23-21(27)15-9-5-4-6-10-15/h4-12,18-19H,1-3H3,(H,23,27)(H,24,28)/t18-,19-/m1/s1. The topological polar surface area (TPSA) is 76.0 Å². The summed E-state index contributed by atoms with van der Waals surface area (Å²) in [4.78, 5) is 25.8. The quantitative estimate of drug-likeness (QED) is 0.740. The Balaban J connectivity index is 1.80. The molecular formula is C22H22N4O2. The summed E-state index contributed by atoms with van der Waals surface area (Å²) in [6.45, 7) is 3.94. The zero-order valence-corrected chi connectivity index (χ0v) is 16.1. The van der Waals surface area contributed by atoms with E-state index in [4.69, 9.17) is 0 Å². The minimum absolute atomic E-state index is 0.244. The van der Waals surface area contributed by atoms with Gasteiger partial charge in [0.2, 0.25) is 5.91 Å². The fourth-order valence-electron chi connectivity index (χ4n) is 3.89. The molecule has 3 aromatic rings. The van der Waals surface area contributed by atoms with Crippen LogP contribution in [0.5, 0.6) is 0 Å². The average molecular weight is 374 g/mol. The highest BCUT2D eigenvalue weighted by atomic mass is 16.2. The van der Waals surface area contributed by atoms with Gasteiger partial charge >= 0.3 is 0 Å². The average Bonchev–Trinajstić information content (AvgIpc) is 2.96. The number of anilines is 1. The highest BCUT2D eigenvalue weighted by molar-refractivity contribution is 6.03. The molecule has 2 atom stereocenters. The van der Waals surface area contributed by atoms with E-state index in [-0.39, 0.29) is 17.7 Å². The van der Waals surface area contributed by atoms with Crippen LogP contribution in [0.25, 0.3) is 0 Å². The summed E-state index contributed by atoms with van der Waals surface area (Å²) in [5.74, 6) is -0.154. The molecule has 1 aromatic heterocycles. The van der Waals surface area contributed by atoms with E-state index in [1.165, 1.54) is 0 Å². The van der Waals surface area contributed by atoms with Crippen LogP contribution in [-0.2, 0) is 11.8 Å². The van der Waals surface area contributed by atoms with E-state index in [1.54, 1.807) is 28.9 Å². The van der Waals surface area contributed by atoms with Crippen molar-refractivity contribution < 1.29 is 9.59 Å². The smallest absolute Gasteiger partial charge is 0.251 e. The van der Waals surface area contributed by atoms with Crippen LogP contribution in [-0.4, -0.2) is 27.6 Å². The van der Waals surface area contributed by atoms with E-state index < -0.39 is 6.04 Å². The van der Waals surface area contributed by atoms with E-state index in [2.05, 4.69) is 21.8 Å². The first-order valence-electron chi connectivity index (χ1n) is 9.22. The van der Waals surface area contributed by atoms with Gasteiger partial charge in [-0.15, -0.1) is 0 Å². The van der Waals surface area contributed by atoms with Gasteiger partial charge < -0.3 is 10.6 Å². The van der Waals surface area contributed by atoms with Crippen LogP contribution in [0.2, 0.25) is 0 Å². The van der Waals surface area contributed by atoms with Gasteiger partial charge in [0.25, 0.3) is 5.91 Å². The molecule has 6 heteroatoms. The predicted octanol–water partition coefficient (Wildman–Crippen LogP) is 2.92. The number of hydrogen-bond donors (Lipinski definition) is 2. The number of carbonyl (C=O) groups is 2. The Kier molecular flexibility index (Phi) is 4.47. The largest absolute Gasteiger partial charge is 0.339 e. The lowest BCUT2D eigenvalue weighted by molar-refractivity contribution is -0.118. The van der Waals surface area contributed by atoms with Crippen LogP contribution in [0.3, 0.4) is 0 Å². The molecule has 0 fully saturated rings. The van der Waals surface area contributed by atoms with Crippen molar-refractivity contribution in [2.75, 3.05) is 5.32 Å². The molecule has 4 rings (SSSR count).